The molecule has 26 heavy (non-hydrogen) atoms. The zero-order valence-electron chi connectivity index (χ0n) is 14.2. The molecule has 0 saturated heterocycles. The molecular weight excluding hydrogens is 324 g/mol. The number of anilines is 1. The van der Waals surface area contributed by atoms with Crippen molar-refractivity contribution >= 4 is 33.8 Å². The molecule has 0 aliphatic rings. The number of hydrogen-bond donors (Lipinski definition) is 1. The molecule has 0 aliphatic heterocycles. The highest BCUT2D eigenvalue weighted by Crippen LogP contribution is 2.34. The lowest BCUT2D eigenvalue weighted by atomic mass is 9.95. The summed E-state index contributed by atoms with van der Waals surface area (Å²) in [4.78, 5) is 15.2. The van der Waals surface area contributed by atoms with E-state index in [9.17, 15) is 4.79 Å². The molecule has 3 aromatic carbocycles. The summed E-state index contributed by atoms with van der Waals surface area (Å²) in [5, 5.41) is 3.34. The van der Waals surface area contributed by atoms with Gasteiger partial charge in [0.05, 0.1) is 12.1 Å². The van der Waals surface area contributed by atoms with Gasteiger partial charge in [-0.2, -0.15) is 0 Å². The first-order chi connectivity index (χ1) is 12.8. The molecule has 4 aromatic rings. The Labute approximate surface area is 151 Å². The Morgan fingerprint density at radius 2 is 1.77 bits per heavy atom. The second kappa shape index (κ2) is 6.84. The number of nitrogen functional groups attached to an aromatic ring is 1. The van der Waals surface area contributed by atoms with E-state index >= 15 is 0 Å². The van der Waals surface area contributed by atoms with E-state index in [0.717, 1.165) is 27.7 Å². The zero-order valence-corrected chi connectivity index (χ0v) is 14.2. The molecule has 1 aromatic heterocycles. The van der Waals surface area contributed by atoms with Crippen LogP contribution in [-0.2, 0) is 16.0 Å². The molecule has 0 spiro atoms. The van der Waals surface area contributed by atoms with E-state index in [4.69, 9.17) is 15.5 Å². The number of aromatic nitrogens is 1. The lowest BCUT2D eigenvalue weighted by Crippen LogP contribution is -2.00. The first-order valence-corrected chi connectivity index (χ1v) is 8.49. The molecule has 0 unspecified atom stereocenters. The molecule has 0 radical (unpaired) electrons. The number of ether oxygens (including phenoxy) is 1. The predicted octanol–water partition coefficient (Wildman–Crippen LogP) is 4.35. The first-order valence-electron chi connectivity index (χ1n) is 8.49. The maximum absolute atomic E-state index is 10.4. The van der Waals surface area contributed by atoms with Gasteiger partial charge in [0, 0.05) is 28.8 Å². The maximum atomic E-state index is 10.4. The molecule has 0 amide bonds. The van der Waals surface area contributed by atoms with Crippen LogP contribution in [0.4, 0.5) is 5.69 Å². The van der Waals surface area contributed by atoms with Crippen LogP contribution in [0, 0.1) is 0 Å². The Kier molecular flexibility index (Phi) is 4.23. The van der Waals surface area contributed by atoms with Gasteiger partial charge in [0.15, 0.2) is 0 Å². The van der Waals surface area contributed by atoms with Crippen molar-refractivity contribution in [3.63, 3.8) is 0 Å². The van der Waals surface area contributed by atoms with Crippen LogP contribution >= 0.6 is 0 Å². The second-order valence-corrected chi connectivity index (χ2v) is 6.19. The van der Waals surface area contributed by atoms with Gasteiger partial charge in [-0.1, -0.05) is 48.5 Å². The third-order valence-corrected chi connectivity index (χ3v) is 4.50. The largest absolute Gasteiger partial charge is 0.467 e. The molecule has 0 aliphatic carbocycles. The van der Waals surface area contributed by atoms with Gasteiger partial charge in [0.25, 0.3) is 6.47 Å². The normalized spacial score (nSPS) is 10.9. The fourth-order valence-electron chi connectivity index (χ4n) is 3.32. The van der Waals surface area contributed by atoms with E-state index in [2.05, 4.69) is 30.3 Å². The molecule has 4 rings (SSSR count). The fourth-order valence-corrected chi connectivity index (χ4v) is 3.32. The standard InChI is InChI=1S/C22H18N2O2/c23-17-12-16-8-9-18(10-11-26-14-25)24-22(16)21(13-17)20-7-3-5-15-4-1-2-6-19(15)20/h1-9,12-14H,10-11,23H2. The Morgan fingerprint density at radius 3 is 2.65 bits per heavy atom. The van der Waals surface area contributed by atoms with Crippen molar-refractivity contribution in [2.75, 3.05) is 12.3 Å². The predicted molar refractivity (Wildman–Crippen MR) is 105 cm³/mol. The van der Waals surface area contributed by atoms with Crippen LogP contribution in [0.1, 0.15) is 5.69 Å². The Balaban J connectivity index is 1.92. The lowest BCUT2D eigenvalue weighted by Gasteiger charge is -2.12. The smallest absolute Gasteiger partial charge is 0.293 e. The Bertz CT molecular complexity index is 1100. The maximum Gasteiger partial charge on any atom is 0.293 e. The minimum atomic E-state index is 0.320. The van der Waals surface area contributed by atoms with Crippen molar-refractivity contribution in [3.05, 3.63) is 72.4 Å². The number of carbonyl (C=O) groups is 1. The fraction of sp³-hybridized carbons (Fsp3) is 0.0909. The highest BCUT2D eigenvalue weighted by Gasteiger charge is 2.11. The number of fused-ring (bicyclic) bond motifs is 2. The van der Waals surface area contributed by atoms with Gasteiger partial charge in [0.1, 0.15) is 0 Å². The van der Waals surface area contributed by atoms with Crippen LogP contribution in [0.3, 0.4) is 0 Å². The SMILES string of the molecule is Nc1cc(-c2cccc3ccccc23)c2nc(CCOC=O)ccc2c1. The van der Waals surface area contributed by atoms with Crippen LogP contribution in [0.25, 0.3) is 32.8 Å². The van der Waals surface area contributed by atoms with Gasteiger partial charge in [-0.05, 0) is 34.5 Å². The summed E-state index contributed by atoms with van der Waals surface area (Å²) in [5.41, 5.74) is 10.8. The third-order valence-electron chi connectivity index (χ3n) is 4.50. The molecule has 128 valence electrons. The molecule has 0 bridgehead atoms. The molecule has 1 heterocycles. The summed E-state index contributed by atoms with van der Waals surface area (Å²) in [6.07, 6.45) is 0.577. The molecule has 4 heteroatoms. The number of hydrogen-bond acceptors (Lipinski definition) is 4. The van der Waals surface area contributed by atoms with Crippen molar-refractivity contribution in [1.29, 1.82) is 0 Å². The molecule has 0 fully saturated rings. The molecule has 0 atom stereocenters. The van der Waals surface area contributed by atoms with Crippen molar-refractivity contribution in [1.82, 2.24) is 4.98 Å². The van der Waals surface area contributed by atoms with Gasteiger partial charge >= 0.3 is 0 Å². The van der Waals surface area contributed by atoms with Crippen molar-refractivity contribution in [2.24, 2.45) is 0 Å². The van der Waals surface area contributed by atoms with Gasteiger partial charge in [0.2, 0.25) is 0 Å². The number of carbonyl (C=O) groups excluding carboxylic acids is 1. The van der Waals surface area contributed by atoms with E-state index in [0.29, 0.717) is 25.2 Å². The van der Waals surface area contributed by atoms with Crippen LogP contribution in [0.15, 0.2) is 66.7 Å². The van der Waals surface area contributed by atoms with E-state index < -0.39 is 0 Å². The summed E-state index contributed by atoms with van der Waals surface area (Å²) in [5.74, 6) is 0. The Morgan fingerprint density at radius 1 is 0.923 bits per heavy atom. The minimum absolute atomic E-state index is 0.320. The van der Waals surface area contributed by atoms with Crippen LogP contribution in [-0.4, -0.2) is 18.1 Å². The molecule has 2 N–H and O–H groups in total. The van der Waals surface area contributed by atoms with E-state index in [1.165, 1.54) is 10.8 Å². The molecule has 4 nitrogen and oxygen atoms in total. The average Bonchev–Trinajstić information content (AvgIpc) is 2.67. The number of rotatable bonds is 5. The summed E-state index contributed by atoms with van der Waals surface area (Å²) >= 11 is 0. The number of nitrogens with zero attached hydrogens (tertiary/aromatic N) is 1. The Hall–Kier alpha value is -3.40. The van der Waals surface area contributed by atoms with Gasteiger partial charge in [-0.15, -0.1) is 0 Å². The van der Waals surface area contributed by atoms with Crippen molar-refractivity contribution in [3.8, 4) is 11.1 Å². The summed E-state index contributed by atoms with van der Waals surface area (Å²) in [7, 11) is 0. The van der Waals surface area contributed by atoms with Crippen molar-refractivity contribution in [2.45, 2.75) is 6.42 Å². The summed E-state index contributed by atoms with van der Waals surface area (Å²) < 4.78 is 4.80. The van der Waals surface area contributed by atoms with Gasteiger partial charge < -0.3 is 10.5 Å². The number of benzene rings is 3. The first kappa shape index (κ1) is 16.1. The van der Waals surface area contributed by atoms with E-state index in [1.807, 2.05) is 36.4 Å². The zero-order chi connectivity index (χ0) is 17.9. The van der Waals surface area contributed by atoms with Gasteiger partial charge in [-0.25, -0.2) is 0 Å². The van der Waals surface area contributed by atoms with E-state index in [-0.39, 0.29) is 0 Å². The highest BCUT2D eigenvalue weighted by atomic mass is 16.5. The quantitative estimate of drug-likeness (QED) is 0.333. The van der Waals surface area contributed by atoms with Crippen LogP contribution in [0.5, 0.6) is 0 Å². The van der Waals surface area contributed by atoms with Gasteiger partial charge in [-0.3, -0.25) is 9.78 Å². The molecule has 0 saturated carbocycles. The summed E-state index contributed by atoms with van der Waals surface area (Å²) in [6, 6.07) is 22.4. The lowest BCUT2D eigenvalue weighted by molar-refractivity contribution is -0.128. The van der Waals surface area contributed by atoms with E-state index in [1.54, 1.807) is 0 Å². The number of pyridine rings is 1. The van der Waals surface area contributed by atoms with Crippen molar-refractivity contribution < 1.29 is 9.53 Å². The average molecular weight is 342 g/mol. The van der Waals surface area contributed by atoms with Crippen LogP contribution < -0.4 is 5.73 Å². The third kappa shape index (κ3) is 2.97. The summed E-state index contributed by atoms with van der Waals surface area (Å²) in [6.45, 7) is 0.782. The highest BCUT2D eigenvalue weighted by molar-refractivity contribution is 6.05. The number of nitrogens with two attached hydrogens (primary N) is 1. The second-order valence-electron chi connectivity index (χ2n) is 6.19. The van der Waals surface area contributed by atoms with Crippen LogP contribution in [0.2, 0.25) is 0 Å². The monoisotopic (exact) mass is 342 g/mol. The minimum Gasteiger partial charge on any atom is -0.467 e. The molecular formula is C22H18N2O2. The topological polar surface area (TPSA) is 65.2 Å².